The second-order valence-corrected chi connectivity index (χ2v) is 5.51. The predicted octanol–water partition coefficient (Wildman–Crippen LogP) is 4.54. The van der Waals surface area contributed by atoms with Crippen molar-refractivity contribution < 1.29 is 9.50 Å². The summed E-state index contributed by atoms with van der Waals surface area (Å²) in [6, 6.07) is 14.0. The lowest BCUT2D eigenvalue weighted by atomic mass is 9.85. The van der Waals surface area contributed by atoms with Crippen LogP contribution in [0.4, 0.5) is 4.39 Å². The minimum Gasteiger partial charge on any atom is -0.385 e. The Morgan fingerprint density at radius 2 is 1.75 bits per heavy atom. The van der Waals surface area contributed by atoms with Gasteiger partial charge in [0.05, 0.1) is 10.6 Å². The molecule has 2 aromatic carbocycles. The topological polar surface area (TPSA) is 20.2 Å². The molecule has 1 nitrogen and oxygen atoms in total. The third kappa shape index (κ3) is 3.32. The van der Waals surface area contributed by atoms with E-state index < -0.39 is 11.4 Å². The van der Waals surface area contributed by atoms with Gasteiger partial charge in [0.15, 0.2) is 0 Å². The van der Waals surface area contributed by atoms with Crippen LogP contribution in [0.1, 0.15) is 17.5 Å². The van der Waals surface area contributed by atoms with Gasteiger partial charge in [-0.25, -0.2) is 4.39 Å². The number of benzene rings is 2. The highest BCUT2D eigenvalue weighted by atomic mass is 35.5. The first-order chi connectivity index (χ1) is 9.57. The summed E-state index contributed by atoms with van der Waals surface area (Å²) >= 11 is 11.6. The van der Waals surface area contributed by atoms with E-state index in [0.29, 0.717) is 12.0 Å². The molecule has 1 unspecified atom stereocenters. The first-order valence-electron chi connectivity index (χ1n) is 6.33. The van der Waals surface area contributed by atoms with Crippen molar-refractivity contribution in [2.75, 3.05) is 5.88 Å². The van der Waals surface area contributed by atoms with Gasteiger partial charge in [-0.1, -0.05) is 54.1 Å². The Morgan fingerprint density at radius 3 is 2.40 bits per heavy atom. The average molecular weight is 313 g/mol. The maximum absolute atomic E-state index is 14.0. The molecule has 106 valence electrons. The van der Waals surface area contributed by atoms with E-state index >= 15 is 0 Å². The summed E-state index contributed by atoms with van der Waals surface area (Å²) in [5.74, 6) is -0.203. The van der Waals surface area contributed by atoms with E-state index in [1.165, 1.54) is 6.07 Å². The van der Waals surface area contributed by atoms with Gasteiger partial charge >= 0.3 is 0 Å². The Morgan fingerprint density at radius 1 is 1.05 bits per heavy atom. The maximum Gasteiger partial charge on any atom is 0.145 e. The maximum atomic E-state index is 14.0. The molecular formula is C16H15Cl2FO. The van der Waals surface area contributed by atoms with Gasteiger partial charge < -0.3 is 5.11 Å². The van der Waals surface area contributed by atoms with Crippen molar-refractivity contribution >= 4 is 23.2 Å². The number of halogens is 3. The largest absolute Gasteiger partial charge is 0.385 e. The van der Waals surface area contributed by atoms with Crippen molar-refractivity contribution in [3.8, 4) is 0 Å². The fourth-order valence-corrected chi connectivity index (χ4v) is 2.75. The lowest BCUT2D eigenvalue weighted by molar-refractivity contribution is 0.0328. The number of aliphatic hydroxyl groups is 1. The van der Waals surface area contributed by atoms with Crippen LogP contribution in [0.25, 0.3) is 0 Å². The fraction of sp³-hybridized carbons (Fsp3) is 0.250. The molecule has 0 radical (unpaired) electrons. The Labute approximate surface area is 128 Å². The Hall–Kier alpha value is -1.09. The molecule has 4 heteroatoms. The summed E-state index contributed by atoms with van der Waals surface area (Å²) in [7, 11) is 0. The summed E-state index contributed by atoms with van der Waals surface area (Å²) in [5, 5.41) is 10.9. The van der Waals surface area contributed by atoms with Crippen LogP contribution in [0.3, 0.4) is 0 Å². The molecule has 1 atom stereocenters. The highest BCUT2D eigenvalue weighted by Crippen LogP contribution is 2.31. The molecule has 20 heavy (non-hydrogen) atoms. The van der Waals surface area contributed by atoms with E-state index in [4.69, 9.17) is 23.2 Å². The molecule has 0 amide bonds. The molecule has 0 aliphatic heterocycles. The molecule has 0 spiro atoms. The molecule has 2 rings (SSSR count). The molecular weight excluding hydrogens is 298 g/mol. The lowest BCUT2D eigenvalue weighted by Crippen LogP contribution is -2.29. The Kier molecular flexibility index (Phi) is 5.03. The summed E-state index contributed by atoms with van der Waals surface area (Å²) in [5.41, 5.74) is -0.0943. The number of alkyl halides is 1. The quantitative estimate of drug-likeness (QED) is 0.804. The highest BCUT2D eigenvalue weighted by molar-refractivity contribution is 6.30. The van der Waals surface area contributed by atoms with E-state index in [0.717, 1.165) is 5.56 Å². The predicted molar refractivity (Wildman–Crippen MR) is 80.8 cm³/mol. The average Bonchev–Trinajstić information content (AvgIpc) is 2.45. The minimum absolute atomic E-state index is 0.0591. The van der Waals surface area contributed by atoms with Crippen LogP contribution >= 0.6 is 23.2 Å². The van der Waals surface area contributed by atoms with Crippen molar-refractivity contribution in [1.29, 1.82) is 0 Å². The van der Waals surface area contributed by atoms with Crippen LogP contribution < -0.4 is 0 Å². The summed E-state index contributed by atoms with van der Waals surface area (Å²) in [4.78, 5) is 0. The van der Waals surface area contributed by atoms with Crippen molar-refractivity contribution in [2.45, 2.75) is 18.4 Å². The Bertz CT molecular complexity index is 574. The van der Waals surface area contributed by atoms with Crippen molar-refractivity contribution in [3.05, 3.63) is 70.5 Å². The van der Waals surface area contributed by atoms with Crippen molar-refractivity contribution in [1.82, 2.24) is 0 Å². The third-order valence-electron chi connectivity index (χ3n) is 3.33. The first kappa shape index (κ1) is 15.3. The first-order valence-corrected chi connectivity index (χ1v) is 7.25. The van der Waals surface area contributed by atoms with Crippen LogP contribution in [0.5, 0.6) is 0 Å². The van der Waals surface area contributed by atoms with Gasteiger partial charge in [-0.2, -0.15) is 0 Å². The molecule has 1 N–H and O–H groups in total. The lowest BCUT2D eigenvalue weighted by Gasteiger charge is -2.28. The third-order valence-corrected chi connectivity index (χ3v) is 3.81. The van der Waals surface area contributed by atoms with Gasteiger partial charge in [-0.15, -0.1) is 11.6 Å². The van der Waals surface area contributed by atoms with E-state index in [2.05, 4.69) is 0 Å². The van der Waals surface area contributed by atoms with Gasteiger partial charge in [0.25, 0.3) is 0 Å². The standard InChI is InChI=1S/C16H15Cl2FO/c17-10-9-16(20,13-6-2-1-3-7-13)11-12-5-4-8-14(18)15(12)19/h1-8,20H,9-11H2. The molecule has 0 heterocycles. The molecule has 0 aliphatic carbocycles. The van der Waals surface area contributed by atoms with Crippen LogP contribution in [0, 0.1) is 5.82 Å². The Balaban J connectivity index is 2.37. The molecule has 0 fully saturated rings. The molecule has 0 aliphatic rings. The molecule has 0 bridgehead atoms. The minimum atomic E-state index is -1.20. The number of hydrogen-bond acceptors (Lipinski definition) is 1. The molecule has 0 aromatic heterocycles. The molecule has 2 aromatic rings. The van der Waals surface area contributed by atoms with Crippen LogP contribution in [-0.4, -0.2) is 11.0 Å². The van der Waals surface area contributed by atoms with Crippen molar-refractivity contribution in [3.63, 3.8) is 0 Å². The number of hydrogen-bond donors (Lipinski definition) is 1. The van der Waals surface area contributed by atoms with Crippen LogP contribution in [-0.2, 0) is 12.0 Å². The van der Waals surface area contributed by atoms with E-state index in [9.17, 15) is 9.50 Å². The van der Waals surface area contributed by atoms with E-state index in [1.807, 2.05) is 30.3 Å². The molecule has 0 saturated carbocycles. The zero-order valence-corrected chi connectivity index (χ0v) is 12.3. The SMILES string of the molecule is OC(CCCl)(Cc1cccc(Cl)c1F)c1ccccc1. The zero-order valence-electron chi connectivity index (χ0n) is 10.8. The van der Waals surface area contributed by atoms with Gasteiger partial charge in [-0.05, 0) is 23.6 Å². The van der Waals surface area contributed by atoms with E-state index in [-0.39, 0.29) is 17.3 Å². The zero-order chi connectivity index (χ0) is 14.6. The second kappa shape index (κ2) is 6.57. The van der Waals surface area contributed by atoms with Gasteiger partial charge in [0.2, 0.25) is 0 Å². The highest BCUT2D eigenvalue weighted by Gasteiger charge is 2.30. The summed E-state index contributed by atoms with van der Waals surface area (Å²) in [6.45, 7) is 0. The van der Waals surface area contributed by atoms with Crippen molar-refractivity contribution in [2.24, 2.45) is 0 Å². The normalized spacial score (nSPS) is 14.0. The van der Waals surface area contributed by atoms with Gasteiger partial charge in [0, 0.05) is 12.3 Å². The summed E-state index contributed by atoms with van der Waals surface area (Å²) < 4.78 is 14.0. The summed E-state index contributed by atoms with van der Waals surface area (Å²) in [6.07, 6.45) is 0.473. The fourth-order valence-electron chi connectivity index (χ4n) is 2.24. The number of rotatable bonds is 5. The van der Waals surface area contributed by atoms with Gasteiger partial charge in [-0.3, -0.25) is 0 Å². The van der Waals surface area contributed by atoms with Gasteiger partial charge in [0.1, 0.15) is 5.82 Å². The second-order valence-electron chi connectivity index (χ2n) is 4.73. The molecule has 0 saturated heterocycles. The van der Waals surface area contributed by atoms with E-state index in [1.54, 1.807) is 12.1 Å². The monoisotopic (exact) mass is 312 g/mol. The van der Waals surface area contributed by atoms with Crippen LogP contribution in [0.15, 0.2) is 48.5 Å². The smallest absolute Gasteiger partial charge is 0.145 e. The van der Waals surface area contributed by atoms with Crippen LogP contribution in [0.2, 0.25) is 5.02 Å².